The Morgan fingerprint density at radius 2 is 1.90 bits per heavy atom. The highest BCUT2D eigenvalue weighted by atomic mass is 16.5. The van der Waals surface area contributed by atoms with Crippen LogP contribution >= 0.6 is 0 Å². The normalized spacial score (nSPS) is 14.5. The number of nitrogens with one attached hydrogen (secondary N) is 2. The Bertz CT molecular complexity index is 1540. The van der Waals surface area contributed by atoms with Gasteiger partial charge in [0.05, 0.1) is 30.2 Å². The van der Waals surface area contributed by atoms with Gasteiger partial charge in [-0.05, 0) is 62.4 Å². The van der Waals surface area contributed by atoms with E-state index in [9.17, 15) is 4.79 Å². The molecule has 1 saturated heterocycles. The van der Waals surface area contributed by atoms with Crippen molar-refractivity contribution in [2.24, 2.45) is 0 Å². The summed E-state index contributed by atoms with van der Waals surface area (Å²) < 4.78 is 7.48. The highest BCUT2D eigenvalue weighted by molar-refractivity contribution is 6.06. The summed E-state index contributed by atoms with van der Waals surface area (Å²) in [7, 11) is 0. The molecule has 0 aliphatic carbocycles. The van der Waals surface area contributed by atoms with Crippen molar-refractivity contribution in [2.75, 3.05) is 41.8 Å². The predicted molar refractivity (Wildman–Crippen MR) is 153 cm³/mol. The molecule has 0 radical (unpaired) electrons. The second kappa shape index (κ2) is 10.5. The van der Waals surface area contributed by atoms with Crippen LogP contribution in [0.15, 0.2) is 48.8 Å². The molecule has 5 heterocycles. The van der Waals surface area contributed by atoms with Crippen molar-refractivity contribution in [1.82, 2.24) is 19.5 Å². The third kappa shape index (κ3) is 4.85. The zero-order valence-corrected chi connectivity index (χ0v) is 22.6. The summed E-state index contributed by atoms with van der Waals surface area (Å²) in [6.45, 7) is 9.24. The van der Waals surface area contributed by atoms with Gasteiger partial charge in [-0.15, -0.1) is 0 Å². The number of nitrogens with zero attached hydrogens (tertiary/aromatic N) is 5. The molecule has 0 bridgehead atoms. The Balaban J connectivity index is 1.24. The number of hydrogen-bond donors (Lipinski definition) is 2. The quantitative estimate of drug-likeness (QED) is 0.376. The number of hydrogen-bond acceptors (Lipinski definition) is 7. The lowest BCUT2D eigenvalue weighted by Gasteiger charge is -2.28. The van der Waals surface area contributed by atoms with Crippen LogP contribution in [0.4, 0.5) is 23.1 Å². The van der Waals surface area contributed by atoms with E-state index in [4.69, 9.17) is 14.7 Å². The van der Waals surface area contributed by atoms with Crippen molar-refractivity contribution in [3.63, 3.8) is 0 Å². The molecule has 6 rings (SSSR count). The van der Waals surface area contributed by atoms with E-state index in [0.717, 1.165) is 96.7 Å². The fourth-order valence-corrected chi connectivity index (χ4v) is 5.37. The van der Waals surface area contributed by atoms with Gasteiger partial charge in [0.25, 0.3) is 5.91 Å². The number of aryl methyl sites for hydroxylation is 4. The topological polar surface area (TPSA) is 97.2 Å². The van der Waals surface area contributed by atoms with Gasteiger partial charge in [-0.3, -0.25) is 4.79 Å². The van der Waals surface area contributed by atoms with E-state index in [1.165, 1.54) is 0 Å². The number of pyridine rings is 1. The summed E-state index contributed by atoms with van der Waals surface area (Å²) in [6.07, 6.45) is 6.19. The fourth-order valence-electron chi connectivity index (χ4n) is 5.37. The number of benzene rings is 1. The number of para-hydroxylation sites is 1. The van der Waals surface area contributed by atoms with Crippen LogP contribution in [0, 0.1) is 13.8 Å². The molecule has 0 atom stereocenters. The molecule has 200 valence electrons. The molecule has 0 spiro atoms. The summed E-state index contributed by atoms with van der Waals surface area (Å²) in [6, 6.07) is 12.0. The van der Waals surface area contributed by atoms with Crippen LogP contribution in [0.25, 0.3) is 5.82 Å². The number of amides is 1. The standard InChI is InChI=1S/C30H33N7O2/c1-4-21-7-5-6-19(2)27(21)34-29(38)23-12-13-37-25(23)10-8-22-18-31-30(35-28(22)37)33-24-9-11-26(32-20(24)3)36-14-16-39-17-15-36/h5-7,9,11-13,18H,4,8,10,14-17H2,1-3H3,(H,34,38)(H,31,33,35). The molecule has 0 unspecified atom stereocenters. The van der Waals surface area contributed by atoms with E-state index >= 15 is 0 Å². The van der Waals surface area contributed by atoms with Crippen LogP contribution in [-0.4, -0.2) is 51.7 Å². The maximum Gasteiger partial charge on any atom is 0.257 e. The molecule has 0 saturated carbocycles. The van der Waals surface area contributed by atoms with Crippen molar-refractivity contribution < 1.29 is 9.53 Å². The number of morpholine rings is 1. The molecule has 39 heavy (non-hydrogen) atoms. The zero-order valence-electron chi connectivity index (χ0n) is 22.6. The minimum Gasteiger partial charge on any atom is -0.378 e. The van der Waals surface area contributed by atoms with Crippen LogP contribution in [0.3, 0.4) is 0 Å². The molecule has 4 aromatic rings. The molecule has 1 aromatic carbocycles. The summed E-state index contributed by atoms with van der Waals surface area (Å²) >= 11 is 0. The van der Waals surface area contributed by atoms with Gasteiger partial charge in [0.15, 0.2) is 0 Å². The van der Waals surface area contributed by atoms with E-state index in [2.05, 4.69) is 33.5 Å². The molecule has 9 nitrogen and oxygen atoms in total. The number of carbonyl (C=O) groups is 1. The van der Waals surface area contributed by atoms with Gasteiger partial charge in [-0.2, -0.15) is 4.98 Å². The van der Waals surface area contributed by atoms with Crippen molar-refractivity contribution in [3.8, 4) is 5.82 Å². The first-order valence-electron chi connectivity index (χ1n) is 13.6. The monoisotopic (exact) mass is 523 g/mol. The second-order valence-corrected chi connectivity index (χ2v) is 10.0. The summed E-state index contributed by atoms with van der Waals surface area (Å²) in [5.41, 5.74) is 7.53. The number of aromatic nitrogens is 4. The maximum atomic E-state index is 13.4. The highest BCUT2D eigenvalue weighted by Gasteiger charge is 2.25. The van der Waals surface area contributed by atoms with Gasteiger partial charge in [0, 0.05) is 42.4 Å². The van der Waals surface area contributed by atoms with Crippen molar-refractivity contribution in [1.29, 1.82) is 0 Å². The first kappa shape index (κ1) is 25.1. The Hall–Kier alpha value is -4.24. The molecular formula is C30H33N7O2. The maximum absolute atomic E-state index is 13.4. The lowest BCUT2D eigenvalue weighted by Crippen LogP contribution is -2.36. The summed E-state index contributed by atoms with van der Waals surface area (Å²) in [5.74, 6) is 2.16. The average Bonchev–Trinajstić information content (AvgIpc) is 3.40. The Kier molecular flexibility index (Phi) is 6.74. The number of carbonyl (C=O) groups excluding carboxylic acids is 1. The van der Waals surface area contributed by atoms with E-state index < -0.39 is 0 Å². The Labute approximate surface area is 228 Å². The first-order chi connectivity index (χ1) is 19.0. The lowest BCUT2D eigenvalue weighted by molar-refractivity contribution is 0.102. The van der Waals surface area contributed by atoms with Crippen molar-refractivity contribution in [3.05, 3.63) is 82.4 Å². The highest BCUT2D eigenvalue weighted by Crippen LogP contribution is 2.29. The molecule has 2 aliphatic rings. The molecule has 3 aromatic heterocycles. The van der Waals surface area contributed by atoms with Gasteiger partial charge in [0.1, 0.15) is 11.6 Å². The van der Waals surface area contributed by atoms with Crippen LogP contribution < -0.4 is 15.5 Å². The van der Waals surface area contributed by atoms with Crippen molar-refractivity contribution in [2.45, 2.75) is 40.0 Å². The largest absolute Gasteiger partial charge is 0.378 e. The van der Waals surface area contributed by atoms with E-state index in [-0.39, 0.29) is 5.91 Å². The molecule has 2 N–H and O–H groups in total. The Morgan fingerprint density at radius 3 is 2.69 bits per heavy atom. The SMILES string of the molecule is CCc1cccc(C)c1NC(=O)c1ccn2c1CCc1cnc(Nc3ccc(N4CCOCC4)nc3C)nc1-2. The van der Waals surface area contributed by atoms with E-state index in [1.54, 1.807) is 0 Å². The number of ether oxygens (including phenoxy) is 1. The fraction of sp³-hybridized carbons (Fsp3) is 0.333. The zero-order chi connectivity index (χ0) is 26.9. The van der Waals surface area contributed by atoms with Gasteiger partial charge in [-0.25, -0.2) is 9.97 Å². The third-order valence-electron chi connectivity index (χ3n) is 7.57. The van der Waals surface area contributed by atoms with Crippen LogP contribution in [-0.2, 0) is 24.0 Å². The van der Waals surface area contributed by atoms with Crippen LogP contribution in [0.1, 0.15) is 45.4 Å². The first-order valence-corrected chi connectivity index (χ1v) is 13.6. The van der Waals surface area contributed by atoms with Gasteiger partial charge < -0.3 is 24.8 Å². The summed E-state index contributed by atoms with van der Waals surface area (Å²) in [4.78, 5) is 29.8. The molecule has 1 fully saturated rings. The molecular weight excluding hydrogens is 490 g/mol. The number of fused-ring (bicyclic) bond motifs is 3. The van der Waals surface area contributed by atoms with E-state index in [0.29, 0.717) is 11.5 Å². The number of anilines is 4. The van der Waals surface area contributed by atoms with E-state index in [1.807, 2.05) is 61.1 Å². The van der Waals surface area contributed by atoms with Gasteiger partial charge >= 0.3 is 0 Å². The molecule has 2 aliphatic heterocycles. The van der Waals surface area contributed by atoms with Gasteiger partial charge in [-0.1, -0.05) is 25.1 Å². The lowest BCUT2D eigenvalue weighted by atomic mass is 10.0. The minimum atomic E-state index is -0.0920. The predicted octanol–water partition coefficient (Wildman–Crippen LogP) is 4.77. The minimum absolute atomic E-state index is 0.0920. The Morgan fingerprint density at radius 1 is 1.05 bits per heavy atom. The smallest absolute Gasteiger partial charge is 0.257 e. The number of rotatable bonds is 6. The van der Waals surface area contributed by atoms with Crippen LogP contribution in [0.2, 0.25) is 0 Å². The second-order valence-electron chi connectivity index (χ2n) is 10.0. The average molecular weight is 524 g/mol. The van der Waals surface area contributed by atoms with Crippen LogP contribution in [0.5, 0.6) is 0 Å². The van der Waals surface area contributed by atoms with Crippen molar-refractivity contribution >= 4 is 29.0 Å². The molecule has 9 heteroatoms. The third-order valence-corrected chi connectivity index (χ3v) is 7.57. The molecule has 1 amide bonds. The van der Waals surface area contributed by atoms with Gasteiger partial charge in [0.2, 0.25) is 5.95 Å². The summed E-state index contributed by atoms with van der Waals surface area (Å²) in [5, 5.41) is 6.51.